The molecule has 0 spiro atoms. The van der Waals surface area contributed by atoms with Crippen molar-refractivity contribution in [1.82, 2.24) is 19.9 Å². The second-order valence-corrected chi connectivity index (χ2v) is 10.00. The molecule has 2 aromatic rings. The molecule has 4 saturated carbocycles. The zero-order chi connectivity index (χ0) is 18.7. The minimum absolute atomic E-state index is 0.269. The van der Waals surface area contributed by atoms with Gasteiger partial charge in [0, 0.05) is 25.1 Å². The quantitative estimate of drug-likeness (QED) is 0.812. The van der Waals surface area contributed by atoms with Gasteiger partial charge in [-0.2, -0.15) is 0 Å². The molecule has 1 aliphatic heterocycles. The summed E-state index contributed by atoms with van der Waals surface area (Å²) in [4.78, 5) is 15.0. The van der Waals surface area contributed by atoms with Gasteiger partial charge in [0.05, 0.1) is 12.2 Å². The van der Waals surface area contributed by atoms with Crippen LogP contribution in [0.1, 0.15) is 51.0 Å². The van der Waals surface area contributed by atoms with E-state index >= 15 is 0 Å². The molecule has 146 valence electrons. The fraction of sp³-hybridized carbons (Fsp3) is 0.609. The average Bonchev–Trinajstić information content (AvgIpc) is 3.09. The van der Waals surface area contributed by atoms with Gasteiger partial charge in [-0.05, 0) is 61.7 Å². The van der Waals surface area contributed by atoms with Crippen LogP contribution in [0.4, 0.5) is 0 Å². The zero-order valence-electron chi connectivity index (χ0n) is 16.3. The summed E-state index contributed by atoms with van der Waals surface area (Å²) in [5, 5.41) is 8.63. The maximum atomic E-state index is 13.0. The number of aromatic nitrogens is 3. The van der Waals surface area contributed by atoms with Crippen molar-refractivity contribution >= 4 is 5.91 Å². The molecule has 5 fully saturated rings. The van der Waals surface area contributed by atoms with E-state index in [9.17, 15) is 4.79 Å². The predicted molar refractivity (Wildman–Crippen MR) is 106 cm³/mol. The molecular weight excluding hydrogens is 348 g/mol. The highest BCUT2D eigenvalue weighted by Crippen LogP contribution is 2.61. The minimum atomic E-state index is 0.269. The Morgan fingerprint density at radius 3 is 2.29 bits per heavy atom. The second kappa shape index (κ2) is 6.16. The Hall–Kier alpha value is -2.17. The summed E-state index contributed by atoms with van der Waals surface area (Å²) in [5.74, 6) is 3.11. The van der Waals surface area contributed by atoms with Crippen molar-refractivity contribution in [3.05, 3.63) is 36.5 Å². The number of carbonyl (C=O) groups excluding carboxylic acids is 1. The molecule has 4 bridgehead atoms. The van der Waals surface area contributed by atoms with E-state index in [4.69, 9.17) is 0 Å². The van der Waals surface area contributed by atoms with Gasteiger partial charge in [0.25, 0.3) is 0 Å². The van der Waals surface area contributed by atoms with Crippen LogP contribution in [0.25, 0.3) is 11.3 Å². The van der Waals surface area contributed by atoms with E-state index in [1.54, 1.807) is 0 Å². The summed E-state index contributed by atoms with van der Waals surface area (Å²) in [6.07, 6.45) is 11.1. The van der Waals surface area contributed by atoms with Crippen molar-refractivity contribution in [2.24, 2.45) is 23.2 Å². The first-order valence-corrected chi connectivity index (χ1v) is 10.9. The maximum absolute atomic E-state index is 13.0. The van der Waals surface area contributed by atoms with Crippen molar-refractivity contribution < 1.29 is 4.79 Å². The van der Waals surface area contributed by atoms with Gasteiger partial charge in [-0.3, -0.25) is 4.79 Å². The average molecular weight is 377 g/mol. The predicted octanol–water partition coefficient (Wildman–Crippen LogP) is 3.93. The van der Waals surface area contributed by atoms with E-state index in [0.717, 1.165) is 48.5 Å². The van der Waals surface area contributed by atoms with Crippen LogP contribution in [0.3, 0.4) is 0 Å². The third-order valence-electron chi connectivity index (χ3n) is 7.86. The van der Waals surface area contributed by atoms with Crippen molar-refractivity contribution in [2.45, 2.75) is 51.0 Å². The molecule has 5 nitrogen and oxygen atoms in total. The second-order valence-electron chi connectivity index (χ2n) is 10.00. The molecule has 0 atom stereocenters. The number of likely N-dealkylation sites (tertiary alicyclic amines) is 1. The number of benzene rings is 1. The summed E-state index contributed by atoms with van der Waals surface area (Å²) in [5.41, 5.74) is 2.33. The lowest BCUT2D eigenvalue weighted by Gasteiger charge is -2.57. The van der Waals surface area contributed by atoms with Crippen LogP contribution in [0.15, 0.2) is 36.5 Å². The Morgan fingerprint density at radius 1 is 1.00 bits per heavy atom. The van der Waals surface area contributed by atoms with Gasteiger partial charge in [-0.25, -0.2) is 4.68 Å². The van der Waals surface area contributed by atoms with E-state index in [0.29, 0.717) is 11.3 Å². The van der Waals surface area contributed by atoms with Gasteiger partial charge in [0.1, 0.15) is 5.69 Å². The van der Waals surface area contributed by atoms with Crippen LogP contribution >= 0.6 is 0 Å². The molecule has 5 aliphatic rings. The summed E-state index contributed by atoms with van der Waals surface area (Å²) >= 11 is 0. The van der Waals surface area contributed by atoms with E-state index in [1.807, 2.05) is 34.0 Å². The number of rotatable bonds is 4. The first-order valence-electron chi connectivity index (χ1n) is 10.9. The summed E-state index contributed by atoms with van der Waals surface area (Å²) in [6, 6.07) is 10.4. The summed E-state index contributed by atoms with van der Waals surface area (Å²) < 4.78 is 1.94. The number of hydrogen-bond donors (Lipinski definition) is 0. The number of nitrogens with zero attached hydrogens (tertiary/aromatic N) is 4. The highest BCUT2D eigenvalue weighted by Gasteiger charge is 2.52. The molecule has 4 aliphatic carbocycles. The molecule has 2 heterocycles. The molecule has 1 aromatic heterocycles. The molecule has 1 amide bonds. The first kappa shape index (κ1) is 16.8. The highest BCUT2D eigenvalue weighted by molar-refractivity contribution is 5.78. The molecular formula is C23H28N4O. The van der Waals surface area contributed by atoms with Crippen LogP contribution in [0.2, 0.25) is 0 Å². The monoisotopic (exact) mass is 376 g/mol. The van der Waals surface area contributed by atoms with Crippen LogP contribution in [-0.4, -0.2) is 38.9 Å². The van der Waals surface area contributed by atoms with E-state index in [-0.39, 0.29) is 6.04 Å². The lowest BCUT2D eigenvalue weighted by atomic mass is 9.49. The minimum Gasteiger partial charge on any atom is -0.338 e. The molecule has 0 radical (unpaired) electrons. The van der Waals surface area contributed by atoms with Crippen molar-refractivity contribution in [3.8, 4) is 11.3 Å². The van der Waals surface area contributed by atoms with E-state index < -0.39 is 0 Å². The first-order chi connectivity index (χ1) is 13.7. The SMILES string of the molecule is O=C(CC12CC3CC(CC(C3)C1)C2)N1CC(n2cc(-c3ccccc3)nn2)C1. The van der Waals surface area contributed by atoms with Gasteiger partial charge in [0.15, 0.2) is 0 Å². The number of carbonyl (C=O) groups is 1. The molecule has 1 saturated heterocycles. The lowest BCUT2D eigenvalue weighted by molar-refractivity contribution is -0.145. The van der Waals surface area contributed by atoms with Gasteiger partial charge < -0.3 is 4.90 Å². The van der Waals surface area contributed by atoms with Crippen molar-refractivity contribution in [1.29, 1.82) is 0 Å². The Bertz CT molecular complexity index is 848. The standard InChI is InChI=1S/C23H28N4O/c28-22(12-23-9-16-6-17(10-23)8-18(7-16)11-23)26-13-20(14-26)27-15-21(24-25-27)19-4-2-1-3-5-19/h1-5,15-18,20H,6-14H2. The largest absolute Gasteiger partial charge is 0.338 e. The number of amides is 1. The zero-order valence-corrected chi connectivity index (χ0v) is 16.3. The van der Waals surface area contributed by atoms with Crippen LogP contribution in [0, 0.1) is 23.2 Å². The highest BCUT2D eigenvalue weighted by atomic mass is 16.2. The molecule has 0 unspecified atom stereocenters. The lowest BCUT2D eigenvalue weighted by Crippen LogP contribution is -2.54. The maximum Gasteiger partial charge on any atom is 0.223 e. The molecule has 28 heavy (non-hydrogen) atoms. The van der Waals surface area contributed by atoms with Crippen LogP contribution < -0.4 is 0 Å². The molecule has 5 heteroatoms. The fourth-order valence-electron chi connectivity index (χ4n) is 6.96. The molecule has 0 N–H and O–H groups in total. The van der Waals surface area contributed by atoms with Gasteiger partial charge in [0.2, 0.25) is 5.91 Å². The summed E-state index contributed by atoms with van der Waals surface area (Å²) in [7, 11) is 0. The Kier molecular flexibility index (Phi) is 3.69. The third kappa shape index (κ3) is 2.78. The van der Waals surface area contributed by atoms with Crippen LogP contribution in [0.5, 0.6) is 0 Å². The molecule has 1 aromatic carbocycles. The van der Waals surface area contributed by atoms with E-state index in [1.165, 1.54) is 38.5 Å². The van der Waals surface area contributed by atoms with Crippen LogP contribution in [-0.2, 0) is 4.79 Å². The van der Waals surface area contributed by atoms with E-state index in [2.05, 4.69) is 22.4 Å². The summed E-state index contributed by atoms with van der Waals surface area (Å²) in [6.45, 7) is 1.56. The topological polar surface area (TPSA) is 51.0 Å². The van der Waals surface area contributed by atoms with Gasteiger partial charge >= 0.3 is 0 Å². The Balaban J connectivity index is 1.08. The van der Waals surface area contributed by atoms with Crippen molar-refractivity contribution in [2.75, 3.05) is 13.1 Å². The van der Waals surface area contributed by atoms with Gasteiger partial charge in [-0.1, -0.05) is 35.5 Å². The Morgan fingerprint density at radius 2 is 1.64 bits per heavy atom. The molecule has 7 rings (SSSR count). The third-order valence-corrected chi connectivity index (χ3v) is 7.86. The normalized spacial score (nSPS) is 33.9. The smallest absolute Gasteiger partial charge is 0.223 e. The van der Waals surface area contributed by atoms with Crippen molar-refractivity contribution in [3.63, 3.8) is 0 Å². The Labute approximate surface area is 166 Å². The fourth-order valence-corrected chi connectivity index (χ4v) is 6.96. The van der Waals surface area contributed by atoms with Gasteiger partial charge in [-0.15, -0.1) is 5.10 Å². The number of hydrogen-bond acceptors (Lipinski definition) is 3.